The lowest BCUT2D eigenvalue weighted by Crippen LogP contribution is -2.53. The van der Waals surface area contributed by atoms with Crippen LogP contribution in [-0.2, 0) is 9.59 Å². The van der Waals surface area contributed by atoms with Crippen LogP contribution in [0.25, 0.3) is 0 Å². The van der Waals surface area contributed by atoms with E-state index in [2.05, 4.69) is 17.1 Å². The Balaban J connectivity index is 2.09. The summed E-state index contributed by atoms with van der Waals surface area (Å²) in [6.45, 7) is 4.99. The molecule has 0 saturated carbocycles. The minimum Gasteiger partial charge on any atom is -0.370 e. The van der Waals surface area contributed by atoms with Crippen LogP contribution in [0, 0.1) is 5.82 Å². The lowest BCUT2D eigenvalue weighted by molar-refractivity contribution is -0.120. The average molecular weight is 322 g/mol. The van der Waals surface area contributed by atoms with E-state index >= 15 is 0 Å². The van der Waals surface area contributed by atoms with Gasteiger partial charge in [0.2, 0.25) is 11.8 Å². The lowest BCUT2D eigenvalue weighted by Gasteiger charge is -2.35. The molecule has 3 N–H and O–H groups in total. The molecule has 2 amide bonds. The molecule has 1 aromatic carbocycles. The van der Waals surface area contributed by atoms with Gasteiger partial charge in [0.05, 0.1) is 6.54 Å². The number of nitrogens with two attached hydrogens (primary N) is 1. The summed E-state index contributed by atoms with van der Waals surface area (Å²) in [5, 5.41) is 3.28. The normalized spacial score (nSPS) is 18.6. The summed E-state index contributed by atoms with van der Waals surface area (Å²) in [5.41, 5.74) is 5.76. The summed E-state index contributed by atoms with van der Waals surface area (Å²) in [6, 6.07) is 5.93. The molecule has 1 fully saturated rings. The van der Waals surface area contributed by atoms with Crippen molar-refractivity contribution in [2.24, 2.45) is 5.73 Å². The summed E-state index contributed by atoms with van der Waals surface area (Å²) in [4.78, 5) is 27.3. The monoisotopic (exact) mass is 322 g/mol. The predicted octanol–water partition coefficient (Wildman–Crippen LogP) is 0.328. The van der Waals surface area contributed by atoms with E-state index in [9.17, 15) is 14.0 Å². The zero-order valence-corrected chi connectivity index (χ0v) is 13.3. The number of nitrogens with one attached hydrogen (secondary N) is 1. The number of carbonyl (C=O) groups is 2. The largest absolute Gasteiger partial charge is 0.370 e. The molecule has 0 aromatic heterocycles. The topological polar surface area (TPSA) is 78.7 Å². The Labute approximate surface area is 135 Å². The van der Waals surface area contributed by atoms with Gasteiger partial charge >= 0.3 is 0 Å². The molecule has 1 heterocycles. The van der Waals surface area contributed by atoms with Crippen LogP contribution in [0.4, 0.5) is 10.1 Å². The van der Waals surface area contributed by atoms with Gasteiger partial charge in [0, 0.05) is 44.3 Å². The summed E-state index contributed by atoms with van der Waals surface area (Å²) in [7, 11) is 0. The molecule has 1 aromatic rings. The van der Waals surface area contributed by atoms with Gasteiger partial charge in [-0.2, -0.15) is 0 Å². The molecule has 0 bridgehead atoms. The minimum absolute atomic E-state index is 0.0697. The first kappa shape index (κ1) is 17.4. The number of benzene rings is 1. The number of halogens is 1. The lowest BCUT2D eigenvalue weighted by atomic mass is 10.2. The van der Waals surface area contributed by atoms with Gasteiger partial charge in [0.15, 0.2) is 0 Å². The average Bonchev–Trinajstić information content (AvgIpc) is 2.51. The Morgan fingerprint density at radius 2 is 2.09 bits per heavy atom. The molecule has 2 rings (SSSR count). The highest BCUT2D eigenvalue weighted by molar-refractivity contribution is 5.95. The number of amides is 2. The van der Waals surface area contributed by atoms with Gasteiger partial charge in [-0.05, 0) is 31.2 Å². The summed E-state index contributed by atoms with van der Waals surface area (Å²) in [5.74, 6) is -0.959. The highest BCUT2D eigenvalue weighted by Crippen LogP contribution is 2.16. The zero-order valence-electron chi connectivity index (χ0n) is 13.3. The number of carbonyl (C=O) groups excluding carboxylic acids is 2. The Morgan fingerprint density at radius 3 is 2.70 bits per heavy atom. The molecule has 7 heteroatoms. The van der Waals surface area contributed by atoms with Gasteiger partial charge in [-0.1, -0.05) is 0 Å². The van der Waals surface area contributed by atoms with Gasteiger partial charge in [0.25, 0.3) is 0 Å². The SMILES string of the molecule is C[C@H]1CNCCN1CC(=O)N(CCC(N)=O)c1ccc(F)cc1. The second-order valence-electron chi connectivity index (χ2n) is 5.76. The number of nitrogens with zero attached hydrogens (tertiary/aromatic N) is 2. The first-order chi connectivity index (χ1) is 11.0. The van der Waals surface area contributed by atoms with Crippen LogP contribution in [0.1, 0.15) is 13.3 Å². The maximum atomic E-state index is 13.1. The zero-order chi connectivity index (χ0) is 16.8. The van der Waals surface area contributed by atoms with Crippen molar-refractivity contribution in [1.29, 1.82) is 0 Å². The van der Waals surface area contributed by atoms with E-state index in [0.717, 1.165) is 19.6 Å². The Bertz CT molecular complexity index is 550. The van der Waals surface area contributed by atoms with Gasteiger partial charge < -0.3 is 16.0 Å². The van der Waals surface area contributed by atoms with Crippen molar-refractivity contribution in [2.45, 2.75) is 19.4 Å². The number of piperazine rings is 1. The van der Waals surface area contributed by atoms with Crippen LogP contribution in [0.2, 0.25) is 0 Å². The van der Waals surface area contributed by atoms with E-state index in [-0.39, 0.29) is 37.3 Å². The fourth-order valence-electron chi connectivity index (χ4n) is 2.62. The van der Waals surface area contributed by atoms with E-state index in [1.807, 2.05) is 0 Å². The molecule has 0 aliphatic carbocycles. The highest BCUT2D eigenvalue weighted by Gasteiger charge is 2.24. The summed E-state index contributed by atoms with van der Waals surface area (Å²) in [6.07, 6.45) is 0.0697. The molecule has 1 aliphatic heterocycles. The second kappa shape index (κ2) is 8.03. The van der Waals surface area contributed by atoms with Crippen LogP contribution in [-0.4, -0.2) is 55.5 Å². The van der Waals surface area contributed by atoms with E-state index in [0.29, 0.717) is 5.69 Å². The van der Waals surface area contributed by atoms with Crippen molar-refractivity contribution >= 4 is 17.5 Å². The molecular weight excluding hydrogens is 299 g/mol. The van der Waals surface area contributed by atoms with Crippen LogP contribution in [0.15, 0.2) is 24.3 Å². The van der Waals surface area contributed by atoms with Gasteiger partial charge in [-0.15, -0.1) is 0 Å². The summed E-state index contributed by atoms with van der Waals surface area (Å²) < 4.78 is 13.1. The molecule has 6 nitrogen and oxygen atoms in total. The minimum atomic E-state index is -0.472. The quantitative estimate of drug-likeness (QED) is 0.791. The third-order valence-electron chi connectivity index (χ3n) is 4.00. The van der Waals surface area contributed by atoms with E-state index in [4.69, 9.17) is 5.73 Å². The maximum Gasteiger partial charge on any atom is 0.241 e. The molecule has 23 heavy (non-hydrogen) atoms. The predicted molar refractivity (Wildman–Crippen MR) is 86.5 cm³/mol. The molecule has 1 atom stereocenters. The molecular formula is C16H23FN4O2. The van der Waals surface area contributed by atoms with Gasteiger partial charge in [-0.25, -0.2) is 4.39 Å². The van der Waals surface area contributed by atoms with Crippen molar-refractivity contribution in [1.82, 2.24) is 10.2 Å². The van der Waals surface area contributed by atoms with Gasteiger partial charge in [-0.3, -0.25) is 14.5 Å². The Kier molecular flexibility index (Phi) is 6.06. The molecule has 0 unspecified atom stereocenters. The van der Waals surface area contributed by atoms with Crippen LogP contribution in [0.3, 0.4) is 0 Å². The van der Waals surface area contributed by atoms with E-state index < -0.39 is 5.91 Å². The van der Waals surface area contributed by atoms with E-state index in [1.54, 1.807) is 0 Å². The van der Waals surface area contributed by atoms with Crippen molar-refractivity contribution in [2.75, 3.05) is 37.6 Å². The fourth-order valence-corrected chi connectivity index (χ4v) is 2.62. The Hall–Kier alpha value is -1.99. The van der Waals surface area contributed by atoms with Crippen LogP contribution >= 0.6 is 0 Å². The Morgan fingerprint density at radius 1 is 1.39 bits per heavy atom. The fraction of sp³-hybridized carbons (Fsp3) is 0.500. The smallest absolute Gasteiger partial charge is 0.241 e. The number of primary amides is 1. The van der Waals surface area contributed by atoms with Crippen LogP contribution in [0.5, 0.6) is 0 Å². The third kappa shape index (κ3) is 5.01. The van der Waals surface area contributed by atoms with Crippen molar-refractivity contribution in [3.05, 3.63) is 30.1 Å². The molecule has 0 spiro atoms. The first-order valence-corrected chi connectivity index (χ1v) is 7.76. The number of hydrogen-bond acceptors (Lipinski definition) is 4. The maximum absolute atomic E-state index is 13.1. The van der Waals surface area contributed by atoms with Crippen molar-refractivity contribution in [3.8, 4) is 0 Å². The molecule has 1 aliphatic rings. The number of hydrogen-bond donors (Lipinski definition) is 2. The number of rotatable bonds is 6. The van der Waals surface area contributed by atoms with Gasteiger partial charge in [0.1, 0.15) is 5.82 Å². The van der Waals surface area contributed by atoms with Crippen LogP contribution < -0.4 is 16.0 Å². The summed E-state index contributed by atoms with van der Waals surface area (Å²) >= 11 is 0. The van der Waals surface area contributed by atoms with Crippen molar-refractivity contribution < 1.29 is 14.0 Å². The van der Waals surface area contributed by atoms with E-state index in [1.165, 1.54) is 29.2 Å². The molecule has 126 valence electrons. The number of anilines is 1. The standard InChI is InChI=1S/C16H23FN4O2/c1-12-10-19-7-9-20(12)11-16(23)21(8-6-15(18)22)14-4-2-13(17)3-5-14/h2-5,12,19H,6-11H2,1H3,(H2,18,22)/t12-/m0/s1. The first-order valence-electron chi connectivity index (χ1n) is 7.76. The molecule has 1 saturated heterocycles. The highest BCUT2D eigenvalue weighted by atomic mass is 19.1. The van der Waals surface area contributed by atoms with Crippen molar-refractivity contribution in [3.63, 3.8) is 0 Å². The third-order valence-corrected chi connectivity index (χ3v) is 4.00. The second-order valence-corrected chi connectivity index (χ2v) is 5.76. The molecule has 0 radical (unpaired) electrons.